The zero-order chi connectivity index (χ0) is 8.53. The van der Waals surface area contributed by atoms with Gasteiger partial charge in [-0.1, -0.05) is 31.9 Å². The summed E-state index contributed by atoms with van der Waals surface area (Å²) in [5, 5.41) is 0. The molecule has 0 aliphatic heterocycles. The Morgan fingerprint density at radius 2 is 2.00 bits per heavy atom. The first-order valence-corrected chi connectivity index (χ1v) is 4.63. The zero-order valence-corrected chi connectivity index (χ0v) is 7.77. The van der Waals surface area contributed by atoms with E-state index in [-0.39, 0.29) is 6.04 Å². The van der Waals surface area contributed by atoms with Crippen LogP contribution >= 0.6 is 0 Å². The summed E-state index contributed by atoms with van der Waals surface area (Å²) in [6.07, 6.45) is 10.4. The lowest BCUT2D eigenvalue weighted by Gasteiger charge is -1.96. The van der Waals surface area contributed by atoms with Gasteiger partial charge in [-0.3, -0.25) is 5.73 Å². The third-order valence-corrected chi connectivity index (χ3v) is 1.63. The highest BCUT2D eigenvalue weighted by Crippen LogP contribution is 2.00. The summed E-state index contributed by atoms with van der Waals surface area (Å²) in [5.74, 6) is 0. The van der Waals surface area contributed by atoms with E-state index in [1.165, 1.54) is 25.7 Å². The fourth-order valence-corrected chi connectivity index (χ4v) is 0.930. The molecular weight excluding hydrogens is 134 g/mol. The van der Waals surface area contributed by atoms with E-state index in [0.29, 0.717) is 0 Å². The molecule has 1 radical (unpaired) electrons. The lowest BCUT2D eigenvalue weighted by Crippen LogP contribution is -1.98. The average molecular weight is 154 g/mol. The minimum Gasteiger partial charge on any atom is -0.254 e. The van der Waals surface area contributed by atoms with Crippen LogP contribution in [0, 0.1) is 0 Å². The van der Waals surface area contributed by atoms with Crippen molar-refractivity contribution in [3.63, 3.8) is 0 Å². The van der Waals surface area contributed by atoms with E-state index >= 15 is 0 Å². The Hall–Kier alpha value is -0.300. The molecule has 0 fully saturated rings. The van der Waals surface area contributed by atoms with Crippen molar-refractivity contribution < 1.29 is 0 Å². The van der Waals surface area contributed by atoms with E-state index in [1.807, 2.05) is 6.92 Å². The maximum atomic E-state index is 7.24. The molecular formula is C10H20N. The molecule has 0 bridgehead atoms. The second-order valence-corrected chi connectivity index (χ2v) is 3.10. The van der Waals surface area contributed by atoms with Gasteiger partial charge in [-0.2, -0.15) is 0 Å². The van der Waals surface area contributed by atoms with Gasteiger partial charge >= 0.3 is 0 Å². The van der Waals surface area contributed by atoms with Crippen LogP contribution in [0.5, 0.6) is 0 Å². The molecule has 0 aromatic carbocycles. The van der Waals surface area contributed by atoms with Gasteiger partial charge in [0.1, 0.15) is 0 Å². The summed E-state index contributed by atoms with van der Waals surface area (Å²) in [5.41, 5.74) is 7.24. The van der Waals surface area contributed by atoms with Crippen LogP contribution in [0.15, 0.2) is 12.2 Å². The number of unbranched alkanes of at least 4 members (excludes halogenated alkanes) is 3. The van der Waals surface area contributed by atoms with Gasteiger partial charge in [-0.05, 0) is 26.2 Å². The SMILES string of the molecule is CCCCC/C=C/CC(C)[NH]. The number of allylic oxidation sites excluding steroid dienone is 1. The van der Waals surface area contributed by atoms with Gasteiger partial charge in [-0.25, -0.2) is 0 Å². The van der Waals surface area contributed by atoms with E-state index in [2.05, 4.69) is 19.1 Å². The molecule has 1 N–H and O–H groups in total. The summed E-state index contributed by atoms with van der Waals surface area (Å²) in [6, 6.07) is 0.0671. The van der Waals surface area contributed by atoms with Crippen LogP contribution in [0.1, 0.15) is 46.0 Å². The molecule has 0 saturated carbocycles. The van der Waals surface area contributed by atoms with Crippen LogP contribution in [-0.2, 0) is 0 Å². The Kier molecular flexibility index (Phi) is 7.59. The van der Waals surface area contributed by atoms with Crippen LogP contribution in [0.25, 0.3) is 0 Å². The predicted molar refractivity (Wildman–Crippen MR) is 50.5 cm³/mol. The Bertz CT molecular complexity index is 95.0. The standard InChI is InChI=1S/C10H20N/c1-3-4-5-6-7-8-9-10(2)11/h7-8,10-11H,3-6,9H2,1-2H3/b8-7+. The summed E-state index contributed by atoms with van der Waals surface area (Å²) in [6.45, 7) is 4.14. The molecule has 1 unspecified atom stereocenters. The molecule has 0 amide bonds. The third-order valence-electron chi connectivity index (χ3n) is 1.63. The maximum absolute atomic E-state index is 7.24. The van der Waals surface area contributed by atoms with Crippen LogP contribution in [0.3, 0.4) is 0 Å². The zero-order valence-electron chi connectivity index (χ0n) is 7.77. The third kappa shape index (κ3) is 9.70. The van der Waals surface area contributed by atoms with Crippen molar-refractivity contribution in [2.24, 2.45) is 0 Å². The molecule has 11 heavy (non-hydrogen) atoms. The minimum atomic E-state index is 0.0671. The van der Waals surface area contributed by atoms with Crippen LogP contribution in [0.2, 0.25) is 0 Å². The fraction of sp³-hybridized carbons (Fsp3) is 0.800. The molecule has 0 aromatic rings. The minimum absolute atomic E-state index is 0.0671. The first-order valence-electron chi connectivity index (χ1n) is 4.63. The summed E-state index contributed by atoms with van der Waals surface area (Å²) >= 11 is 0. The van der Waals surface area contributed by atoms with Crippen LogP contribution in [-0.4, -0.2) is 6.04 Å². The van der Waals surface area contributed by atoms with E-state index in [9.17, 15) is 0 Å². The monoisotopic (exact) mass is 154 g/mol. The van der Waals surface area contributed by atoms with E-state index in [4.69, 9.17) is 5.73 Å². The van der Waals surface area contributed by atoms with Crippen LogP contribution < -0.4 is 5.73 Å². The Balaban J connectivity index is 3.03. The summed E-state index contributed by atoms with van der Waals surface area (Å²) in [4.78, 5) is 0. The molecule has 0 aliphatic rings. The Morgan fingerprint density at radius 3 is 2.55 bits per heavy atom. The largest absolute Gasteiger partial charge is 0.254 e. The smallest absolute Gasteiger partial charge is 0.0219 e. The Labute approximate surface area is 70.7 Å². The second kappa shape index (κ2) is 7.80. The topological polar surface area (TPSA) is 23.8 Å². The molecule has 0 rings (SSSR count). The number of hydrogen-bond acceptors (Lipinski definition) is 0. The second-order valence-electron chi connectivity index (χ2n) is 3.10. The van der Waals surface area contributed by atoms with E-state index in [0.717, 1.165) is 6.42 Å². The molecule has 1 nitrogen and oxygen atoms in total. The van der Waals surface area contributed by atoms with Gasteiger partial charge in [0.25, 0.3) is 0 Å². The molecule has 0 saturated heterocycles. The van der Waals surface area contributed by atoms with Crippen molar-refractivity contribution in [3.8, 4) is 0 Å². The normalized spacial score (nSPS) is 14.1. The Morgan fingerprint density at radius 1 is 1.27 bits per heavy atom. The van der Waals surface area contributed by atoms with Crippen molar-refractivity contribution in [3.05, 3.63) is 12.2 Å². The van der Waals surface area contributed by atoms with Gasteiger partial charge in [0.2, 0.25) is 0 Å². The lowest BCUT2D eigenvalue weighted by molar-refractivity contribution is 0.714. The summed E-state index contributed by atoms with van der Waals surface area (Å²) in [7, 11) is 0. The van der Waals surface area contributed by atoms with Gasteiger partial charge in [0.05, 0.1) is 0 Å². The number of rotatable bonds is 6. The summed E-state index contributed by atoms with van der Waals surface area (Å²) < 4.78 is 0. The van der Waals surface area contributed by atoms with Gasteiger partial charge in [0.15, 0.2) is 0 Å². The predicted octanol–water partition coefficient (Wildman–Crippen LogP) is 3.18. The van der Waals surface area contributed by atoms with Crippen molar-refractivity contribution >= 4 is 0 Å². The molecule has 0 aliphatic carbocycles. The highest BCUT2D eigenvalue weighted by Gasteiger charge is 1.87. The maximum Gasteiger partial charge on any atom is 0.0219 e. The molecule has 1 atom stereocenters. The fourth-order valence-electron chi connectivity index (χ4n) is 0.930. The number of nitrogens with one attached hydrogen (secondary N) is 1. The highest BCUT2D eigenvalue weighted by atomic mass is 14.6. The lowest BCUT2D eigenvalue weighted by atomic mass is 10.1. The average Bonchev–Trinajstić information content (AvgIpc) is 1.96. The molecule has 65 valence electrons. The van der Waals surface area contributed by atoms with Crippen molar-refractivity contribution in [1.82, 2.24) is 5.73 Å². The first kappa shape index (κ1) is 10.7. The van der Waals surface area contributed by atoms with Crippen LogP contribution in [0.4, 0.5) is 0 Å². The van der Waals surface area contributed by atoms with Crippen molar-refractivity contribution in [2.75, 3.05) is 0 Å². The number of hydrogen-bond donors (Lipinski definition) is 0. The molecule has 0 heterocycles. The van der Waals surface area contributed by atoms with Gasteiger partial charge in [-0.15, -0.1) is 0 Å². The molecule has 0 spiro atoms. The van der Waals surface area contributed by atoms with E-state index in [1.54, 1.807) is 0 Å². The van der Waals surface area contributed by atoms with E-state index < -0.39 is 0 Å². The van der Waals surface area contributed by atoms with Gasteiger partial charge < -0.3 is 0 Å². The van der Waals surface area contributed by atoms with Gasteiger partial charge in [0, 0.05) is 6.04 Å². The molecule has 1 heteroatoms. The van der Waals surface area contributed by atoms with Crippen molar-refractivity contribution in [2.45, 2.75) is 52.0 Å². The van der Waals surface area contributed by atoms with Crippen molar-refractivity contribution in [1.29, 1.82) is 0 Å². The first-order chi connectivity index (χ1) is 5.27. The quantitative estimate of drug-likeness (QED) is 0.414. The molecule has 0 aromatic heterocycles. The highest BCUT2D eigenvalue weighted by molar-refractivity contribution is 4.83.